The highest BCUT2D eigenvalue weighted by atomic mass is 32.2. The summed E-state index contributed by atoms with van der Waals surface area (Å²) in [6.45, 7) is 4.15. The number of amides is 1. The number of hydrogen-bond acceptors (Lipinski definition) is 4. The largest absolute Gasteiger partial charge is 0.445 e. The molecule has 0 spiro atoms. The van der Waals surface area contributed by atoms with Crippen molar-refractivity contribution in [2.45, 2.75) is 26.5 Å². The van der Waals surface area contributed by atoms with E-state index in [1.165, 1.54) is 0 Å². The van der Waals surface area contributed by atoms with Crippen molar-refractivity contribution in [3.05, 3.63) is 35.9 Å². The third-order valence-electron chi connectivity index (χ3n) is 2.19. The molecule has 5 heteroatoms. The number of hydrogen-bond donors (Lipinski definition) is 1. The molecule has 0 aliphatic carbocycles. The lowest BCUT2D eigenvalue weighted by Crippen LogP contribution is -2.36. The number of thiocarbonyl (C=S) groups is 1. The maximum absolute atomic E-state index is 11.5. The highest BCUT2D eigenvalue weighted by molar-refractivity contribution is 8.23. The average Bonchev–Trinajstić information content (AvgIpc) is 2.38. The van der Waals surface area contributed by atoms with Crippen molar-refractivity contribution in [1.29, 1.82) is 0 Å². The van der Waals surface area contributed by atoms with Crippen LogP contribution in [0.4, 0.5) is 4.79 Å². The summed E-state index contributed by atoms with van der Waals surface area (Å²) in [6, 6.07) is 9.40. The molecule has 1 unspecified atom stereocenters. The lowest BCUT2D eigenvalue weighted by molar-refractivity contribution is 0.139. The number of carbonyl (C=O) groups is 1. The van der Waals surface area contributed by atoms with Crippen LogP contribution in [0.5, 0.6) is 0 Å². The van der Waals surface area contributed by atoms with Gasteiger partial charge in [-0.25, -0.2) is 4.79 Å². The molecule has 98 valence electrons. The van der Waals surface area contributed by atoms with Gasteiger partial charge in [-0.3, -0.25) is 0 Å². The van der Waals surface area contributed by atoms with Gasteiger partial charge < -0.3 is 10.1 Å². The van der Waals surface area contributed by atoms with Crippen LogP contribution in [0.3, 0.4) is 0 Å². The number of thioether (sulfide) groups is 1. The lowest BCUT2D eigenvalue weighted by Gasteiger charge is -2.14. The minimum atomic E-state index is -0.439. The molecule has 3 nitrogen and oxygen atoms in total. The first-order valence-corrected chi connectivity index (χ1v) is 7.16. The van der Waals surface area contributed by atoms with Crippen molar-refractivity contribution in [3.63, 3.8) is 0 Å². The fourth-order valence-corrected chi connectivity index (χ4v) is 2.27. The number of ether oxygens (including phenoxy) is 1. The SMILES string of the molecule is CCSC(=S)C(C)NC(=O)OCc1ccccc1. The molecule has 0 heterocycles. The number of carbonyl (C=O) groups excluding carboxylic acids is 1. The van der Waals surface area contributed by atoms with E-state index < -0.39 is 6.09 Å². The van der Waals surface area contributed by atoms with E-state index in [1.54, 1.807) is 11.8 Å². The van der Waals surface area contributed by atoms with E-state index in [-0.39, 0.29) is 12.6 Å². The fourth-order valence-electron chi connectivity index (χ4n) is 1.27. The summed E-state index contributed by atoms with van der Waals surface area (Å²) in [4.78, 5) is 11.5. The molecule has 0 aromatic heterocycles. The summed E-state index contributed by atoms with van der Waals surface area (Å²) in [5.41, 5.74) is 0.964. The molecular weight excluding hydrogens is 266 g/mol. The molecule has 0 saturated carbocycles. The van der Waals surface area contributed by atoms with Gasteiger partial charge in [-0.1, -0.05) is 49.5 Å². The average molecular weight is 283 g/mol. The van der Waals surface area contributed by atoms with E-state index in [0.29, 0.717) is 0 Å². The van der Waals surface area contributed by atoms with Crippen LogP contribution < -0.4 is 5.32 Å². The highest BCUT2D eigenvalue weighted by Crippen LogP contribution is 2.08. The van der Waals surface area contributed by atoms with Gasteiger partial charge in [-0.2, -0.15) is 0 Å². The molecule has 1 rings (SSSR count). The van der Waals surface area contributed by atoms with Crippen LogP contribution in [-0.4, -0.2) is 22.1 Å². The molecule has 1 aromatic rings. The Morgan fingerprint density at radius 3 is 2.72 bits per heavy atom. The van der Waals surface area contributed by atoms with E-state index in [2.05, 4.69) is 5.32 Å². The van der Waals surface area contributed by atoms with Gasteiger partial charge in [-0.05, 0) is 18.2 Å². The Hall–Kier alpha value is -1.07. The third kappa shape index (κ3) is 5.51. The van der Waals surface area contributed by atoms with E-state index in [4.69, 9.17) is 17.0 Å². The van der Waals surface area contributed by atoms with Gasteiger partial charge in [-0.15, -0.1) is 11.8 Å². The summed E-state index contributed by atoms with van der Waals surface area (Å²) in [5.74, 6) is 0.907. The first-order chi connectivity index (χ1) is 8.63. The Kier molecular flexibility index (Phi) is 6.75. The van der Waals surface area contributed by atoms with Crippen LogP contribution in [0.15, 0.2) is 30.3 Å². The minimum Gasteiger partial charge on any atom is -0.445 e. The third-order valence-corrected chi connectivity index (χ3v) is 3.82. The quantitative estimate of drug-likeness (QED) is 0.841. The molecular formula is C13H17NO2S2. The topological polar surface area (TPSA) is 38.3 Å². The summed E-state index contributed by atoms with van der Waals surface area (Å²) in [6.07, 6.45) is -0.439. The Balaban J connectivity index is 2.31. The maximum atomic E-state index is 11.5. The predicted octanol–water partition coefficient (Wildman–Crippen LogP) is 3.38. The molecule has 0 aliphatic heterocycles. The van der Waals surface area contributed by atoms with Crippen molar-refractivity contribution in [1.82, 2.24) is 5.32 Å². The van der Waals surface area contributed by atoms with Gasteiger partial charge in [0.2, 0.25) is 0 Å². The zero-order chi connectivity index (χ0) is 13.4. The number of benzene rings is 1. The standard InChI is InChI=1S/C13H17NO2S2/c1-3-18-12(17)10(2)14-13(15)16-9-11-7-5-4-6-8-11/h4-8,10H,3,9H2,1-2H3,(H,14,15). The maximum Gasteiger partial charge on any atom is 0.407 e. The van der Waals surface area contributed by atoms with E-state index in [0.717, 1.165) is 15.5 Å². The van der Waals surface area contributed by atoms with E-state index >= 15 is 0 Å². The van der Waals surface area contributed by atoms with Crippen molar-refractivity contribution in [2.24, 2.45) is 0 Å². The molecule has 1 atom stereocenters. The Morgan fingerprint density at radius 2 is 2.11 bits per heavy atom. The first kappa shape index (κ1) is 15.0. The Labute approximate surface area is 117 Å². The van der Waals surface area contributed by atoms with Crippen LogP contribution >= 0.6 is 24.0 Å². The van der Waals surface area contributed by atoms with Gasteiger partial charge in [0.15, 0.2) is 0 Å². The monoisotopic (exact) mass is 283 g/mol. The van der Waals surface area contributed by atoms with E-state index in [1.807, 2.05) is 44.2 Å². The normalized spacial score (nSPS) is 11.7. The molecule has 1 amide bonds. The van der Waals surface area contributed by atoms with Gasteiger partial charge in [0.05, 0.1) is 10.2 Å². The van der Waals surface area contributed by atoms with Crippen LogP contribution in [0, 0.1) is 0 Å². The smallest absolute Gasteiger partial charge is 0.407 e. The van der Waals surface area contributed by atoms with Gasteiger partial charge in [0.25, 0.3) is 0 Å². The van der Waals surface area contributed by atoms with Gasteiger partial charge in [0, 0.05) is 0 Å². The summed E-state index contributed by atoms with van der Waals surface area (Å²) < 4.78 is 5.88. The molecule has 1 aromatic carbocycles. The van der Waals surface area contributed by atoms with Crippen LogP contribution in [-0.2, 0) is 11.3 Å². The van der Waals surface area contributed by atoms with Crippen LogP contribution in [0.2, 0.25) is 0 Å². The molecule has 0 radical (unpaired) electrons. The van der Waals surface area contributed by atoms with Crippen molar-refractivity contribution < 1.29 is 9.53 Å². The summed E-state index contributed by atoms with van der Waals surface area (Å²) >= 11 is 6.72. The Morgan fingerprint density at radius 1 is 1.44 bits per heavy atom. The molecule has 18 heavy (non-hydrogen) atoms. The lowest BCUT2D eigenvalue weighted by atomic mass is 10.2. The number of nitrogens with one attached hydrogen (secondary N) is 1. The van der Waals surface area contributed by atoms with Crippen molar-refractivity contribution in [2.75, 3.05) is 5.75 Å². The fraction of sp³-hybridized carbons (Fsp3) is 0.385. The second-order valence-electron chi connectivity index (χ2n) is 3.68. The second kappa shape index (κ2) is 8.11. The second-order valence-corrected chi connectivity index (χ2v) is 5.68. The van der Waals surface area contributed by atoms with Crippen LogP contribution in [0.25, 0.3) is 0 Å². The number of rotatable bonds is 5. The Bertz CT molecular complexity index is 395. The minimum absolute atomic E-state index is 0.159. The molecule has 0 bridgehead atoms. The first-order valence-electron chi connectivity index (χ1n) is 5.77. The van der Waals surface area contributed by atoms with E-state index in [9.17, 15) is 4.79 Å². The zero-order valence-corrected chi connectivity index (χ0v) is 12.1. The van der Waals surface area contributed by atoms with Crippen molar-refractivity contribution >= 4 is 34.3 Å². The van der Waals surface area contributed by atoms with Crippen LogP contribution in [0.1, 0.15) is 19.4 Å². The molecule has 0 saturated heterocycles. The molecule has 0 aliphatic rings. The number of alkyl carbamates (subject to hydrolysis) is 1. The summed E-state index contributed by atoms with van der Waals surface area (Å²) in [7, 11) is 0. The van der Waals surface area contributed by atoms with Gasteiger partial charge in [0.1, 0.15) is 6.61 Å². The van der Waals surface area contributed by atoms with Crippen molar-refractivity contribution in [3.8, 4) is 0 Å². The molecule has 1 N–H and O–H groups in total. The zero-order valence-electron chi connectivity index (χ0n) is 10.5. The predicted molar refractivity (Wildman–Crippen MR) is 80.0 cm³/mol. The molecule has 0 fully saturated rings. The highest BCUT2D eigenvalue weighted by Gasteiger charge is 2.12. The van der Waals surface area contributed by atoms with Gasteiger partial charge >= 0.3 is 6.09 Å². The summed E-state index contributed by atoms with van der Waals surface area (Å²) in [5, 5.41) is 2.71.